The molecule has 2 heterocycles. The van der Waals surface area contributed by atoms with E-state index in [2.05, 4.69) is 21.4 Å². The maximum Gasteiger partial charge on any atom is 0.285 e. The summed E-state index contributed by atoms with van der Waals surface area (Å²) in [5.74, 6) is 0.833. The molecule has 0 amide bonds. The van der Waals surface area contributed by atoms with Crippen LogP contribution in [-0.2, 0) is 23.0 Å². The maximum absolute atomic E-state index is 12.0. The van der Waals surface area contributed by atoms with Gasteiger partial charge in [-0.05, 0) is 68.1 Å². The van der Waals surface area contributed by atoms with Crippen molar-refractivity contribution in [2.24, 2.45) is 10.1 Å². The van der Waals surface area contributed by atoms with E-state index >= 15 is 0 Å². The molecular weight excluding hydrogens is 400 g/mol. The number of benzene rings is 2. The highest BCUT2D eigenvalue weighted by atomic mass is 32.2. The SMILES string of the molecule is NC1=NS(=O)(=O)c2ccc(CCCOc3cccc(CN4CCCCC4)c3)c(N)c21. The number of sulfonamides is 1. The molecule has 2 aliphatic rings. The van der Waals surface area contributed by atoms with E-state index in [9.17, 15) is 8.42 Å². The van der Waals surface area contributed by atoms with E-state index in [0.717, 1.165) is 24.3 Å². The van der Waals surface area contributed by atoms with Gasteiger partial charge in [-0.15, -0.1) is 4.40 Å². The summed E-state index contributed by atoms with van der Waals surface area (Å²) >= 11 is 0. The van der Waals surface area contributed by atoms with Crippen molar-refractivity contribution in [2.75, 3.05) is 25.4 Å². The van der Waals surface area contributed by atoms with Gasteiger partial charge >= 0.3 is 0 Å². The number of ether oxygens (including phenoxy) is 1. The molecule has 1 saturated heterocycles. The second-order valence-electron chi connectivity index (χ2n) is 7.90. The summed E-state index contributed by atoms with van der Waals surface area (Å²) in [7, 11) is -3.72. The van der Waals surface area contributed by atoms with E-state index in [1.165, 1.54) is 44.0 Å². The highest BCUT2D eigenvalue weighted by Crippen LogP contribution is 2.32. The molecular formula is C22H28N4O3S. The summed E-state index contributed by atoms with van der Waals surface area (Å²) in [6.07, 6.45) is 5.32. The van der Waals surface area contributed by atoms with Crippen molar-refractivity contribution >= 4 is 21.5 Å². The number of hydrogen-bond acceptors (Lipinski definition) is 6. The van der Waals surface area contributed by atoms with Gasteiger partial charge in [-0.3, -0.25) is 4.90 Å². The Bertz CT molecular complexity index is 1060. The van der Waals surface area contributed by atoms with Crippen LogP contribution in [0.15, 0.2) is 45.7 Å². The summed E-state index contributed by atoms with van der Waals surface area (Å²) in [5.41, 5.74) is 14.8. The molecule has 2 aromatic carbocycles. The van der Waals surface area contributed by atoms with Crippen LogP contribution in [0.2, 0.25) is 0 Å². The molecule has 1 fully saturated rings. The fraction of sp³-hybridized carbons (Fsp3) is 0.409. The summed E-state index contributed by atoms with van der Waals surface area (Å²) in [4.78, 5) is 2.58. The molecule has 0 atom stereocenters. The van der Waals surface area contributed by atoms with Crippen LogP contribution in [0.25, 0.3) is 0 Å². The zero-order valence-corrected chi connectivity index (χ0v) is 17.8. The molecule has 0 aromatic heterocycles. The second-order valence-corrected chi connectivity index (χ2v) is 9.47. The topological polar surface area (TPSA) is 111 Å². The van der Waals surface area contributed by atoms with Gasteiger partial charge in [-0.1, -0.05) is 24.6 Å². The number of nitrogens with two attached hydrogens (primary N) is 2. The third kappa shape index (κ3) is 4.44. The normalized spacial score (nSPS) is 18.1. The lowest BCUT2D eigenvalue weighted by atomic mass is 10.0. The first kappa shape index (κ1) is 20.7. The summed E-state index contributed by atoms with van der Waals surface area (Å²) in [5, 5.41) is 0. The molecule has 0 aliphatic carbocycles. The summed E-state index contributed by atoms with van der Waals surface area (Å²) < 4.78 is 33.4. The van der Waals surface area contributed by atoms with Gasteiger partial charge in [0.05, 0.1) is 12.2 Å². The number of hydrogen-bond donors (Lipinski definition) is 2. The average Bonchev–Trinajstić information content (AvgIpc) is 2.96. The fourth-order valence-corrected chi connectivity index (χ4v) is 5.29. The Morgan fingerprint density at radius 3 is 2.67 bits per heavy atom. The van der Waals surface area contributed by atoms with Crippen LogP contribution in [0.3, 0.4) is 0 Å². The molecule has 2 aliphatic heterocycles. The molecule has 0 bridgehead atoms. The highest BCUT2D eigenvalue weighted by molar-refractivity contribution is 7.90. The Balaban J connectivity index is 1.32. The van der Waals surface area contributed by atoms with E-state index in [0.29, 0.717) is 24.3 Å². The van der Waals surface area contributed by atoms with Gasteiger partial charge < -0.3 is 16.2 Å². The largest absolute Gasteiger partial charge is 0.494 e. The second kappa shape index (κ2) is 8.65. The minimum Gasteiger partial charge on any atom is -0.494 e. The van der Waals surface area contributed by atoms with E-state index in [-0.39, 0.29) is 10.7 Å². The third-order valence-electron chi connectivity index (χ3n) is 5.66. The van der Waals surface area contributed by atoms with Crippen LogP contribution in [0, 0.1) is 0 Å². The summed E-state index contributed by atoms with van der Waals surface area (Å²) in [6.45, 7) is 3.86. The Morgan fingerprint density at radius 1 is 1.07 bits per heavy atom. The maximum atomic E-state index is 12.0. The molecule has 4 rings (SSSR count). The van der Waals surface area contributed by atoms with Gasteiger partial charge in [-0.2, -0.15) is 8.42 Å². The van der Waals surface area contributed by atoms with Crippen LogP contribution in [0.5, 0.6) is 5.75 Å². The van der Waals surface area contributed by atoms with Crippen molar-refractivity contribution in [1.82, 2.24) is 4.90 Å². The zero-order valence-electron chi connectivity index (χ0n) is 17.0. The lowest BCUT2D eigenvalue weighted by molar-refractivity contribution is 0.220. The number of nitrogen functional groups attached to an aromatic ring is 1. The molecule has 8 heteroatoms. The Labute approximate surface area is 177 Å². The minimum absolute atomic E-state index is 0.0360. The predicted molar refractivity (Wildman–Crippen MR) is 118 cm³/mol. The molecule has 0 saturated carbocycles. The van der Waals surface area contributed by atoms with Gasteiger partial charge in [0, 0.05) is 12.2 Å². The number of rotatable bonds is 7. The predicted octanol–water partition coefficient (Wildman–Crippen LogP) is 2.67. The summed E-state index contributed by atoms with van der Waals surface area (Å²) in [6, 6.07) is 11.5. The van der Waals surface area contributed by atoms with Gasteiger partial charge in [0.2, 0.25) is 0 Å². The van der Waals surface area contributed by atoms with E-state index in [1.807, 2.05) is 12.1 Å². The lowest BCUT2D eigenvalue weighted by Gasteiger charge is -2.26. The molecule has 2 aromatic rings. The van der Waals surface area contributed by atoms with E-state index in [4.69, 9.17) is 16.2 Å². The van der Waals surface area contributed by atoms with Crippen LogP contribution in [0.1, 0.15) is 42.4 Å². The standard InChI is InChI=1S/C22H28N4O3S/c23-21-17(9-10-19-20(21)22(24)25-30(19,27)28)7-5-13-29-18-8-4-6-16(14-18)15-26-11-2-1-3-12-26/h4,6,8-10,14H,1-3,5,7,11-13,15,23H2,(H2,24,25). The van der Waals surface area contributed by atoms with Crippen molar-refractivity contribution in [1.29, 1.82) is 0 Å². The van der Waals surface area contributed by atoms with Crippen molar-refractivity contribution in [3.05, 3.63) is 53.1 Å². The number of likely N-dealkylation sites (tertiary alicyclic amines) is 1. The first-order valence-electron chi connectivity index (χ1n) is 10.4. The van der Waals surface area contributed by atoms with Gasteiger partial charge in [-0.25, -0.2) is 0 Å². The third-order valence-corrected chi connectivity index (χ3v) is 7.00. The van der Waals surface area contributed by atoms with Crippen molar-refractivity contribution in [3.63, 3.8) is 0 Å². The number of amidine groups is 1. The fourth-order valence-electron chi connectivity index (χ4n) is 4.13. The molecule has 0 radical (unpaired) electrons. The Kier molecular flexibility index (Phi) is 5.97. The molecule has 7 nitrogen and oxygen atoms in total. The number of nitrogens with zero attached hydrogens (tertiary/aromatic N) is 2. The first-order chi connectivity index (χ1) is 14.4. The molecule has 30 heavy (non-hydrogen) atoms. The minimum atomic E-state index is -3.72. The smallest absolute Gasteiger partial charge is 0.285 e. The van der Waals surface area contributed by atoms with Crippen LogP contribution >= 0.6 is 0 Å². The number of fused-ring (bicyclic) bond motifs is 1. The van der Waals surface area contributed by atoms with Gasteiger partial charge in [0.15, 0.2) is 0 Å². The Morgan fingerprint density at radius 2 is 1.87 bits per heavy atom. The van der Waals surface area contributed by atoms with Gasteiger partial charge in [0.25, 0.3) is 10.0 Å². The van der Waals surface area contributed by atoms with Gasteiger partial charge in [0.1, 0.15) is 16.5 Å². The Hall–Kier alpha value is -2.58. The molecule has 0 unspecified atom stereocenters. The van der Waals surface area contributed by atoms with Crippen molar-refractivity contribution in [3.8, 4) is 5.75 Å². The van der Waals surface area contributed by atoms with Crippen LogP contribution in [0.4, 0.5) is 5.69 Å². The number of aryl methyl sites for hydroxylation is 1. The molecule has 0 spiro atoms. The van der Waals surface area contributed by atoms with Crippen LogP contribution in [-0.4, -0.2) is 38.8 Å². The lowest BCUT2D eigenvalue weighted by Crippen LogP contribution is -2.29. The molecule has 4 N–H and O–H groups in total. The van der Waals surface area contributed by atoms with E-state index < -0.39 is 10.0 Å². The zero-order chi connectivity index (χ0) is 21.1. The monoisotopic (exact) mass is 428 g/mol. The van der Waals surface area contributed by atoms with E-state index in [1.54, 1.807) is 6.07 Å². The van der Waals surface area contributed by atoms with Crippen LogP contribution < -0.4 is 16.2 Å². The quantitative estimate of drug-likeness (QED) is 0.518. The van der Waals surface area contributed by atoms with Crippen molar-refractivity contribution < 1.29 is 13.2 Å². The van der Waals surface area contributed by atoms with Crippen molar-refractivity contribution in [2.45, 2.75) is 43.5 Å². The molecule has 160 valence electrons. The number of anilines is 1. The average molecular weight is 429 g/mol. The highest BCUT2D eigenvalue weighted by Gasteiger charge is 2.30. The first-order valence-corrected chi connectivity index (χ1v) is 11.8. The number of piperidine rings is 1.